The standard InChI is InChI=1S/C28H30N2O4/c31-27(20-33-25-13-5-9-21-7-1-3-11-23(21)25)30-17-15-29(16-18-30)19-28(32)34-26-14-6-10-22-8-2-4-12-24(22)26/h1-14,27-28,31-32H,15-20H2/p+2/t27-,28-/m1/s1. The van der Waals surface area contributed by atoms with Crippen molar-refractivity contribution in [2.24, 2.45) is 0 Å². The molecule has 0 radical (unpaired) electrons. The molecular formula is C28H32N2O4+2. The van der Waals surface area contributed by atoms with Gasteiger partial charge in [0.2, 0.25) is 12.5 Å². The number of ether oxygens (including phenoxy) is 2. The van der Waals surface area contributed by atoms with Crippen molar-refractivity contribution in [3.63, 3.8) is 0 Å². The van der Waals surface area contributed by atoms with Crippen LogP contribution in [-0.2, 0) is 0 Å². The summed E-state index contributed by atoms with van der Waals surface area (Å²) in [5.74, 6) is 1.50. The lowest BCUT2D eigenvalue weighted by atomic mass is 10.1. The van der Waals surface area contributed by atoms with E-state index in [1.807, 2.05) is 72.8 Å². The van der Waals surface area contributed by atoms with E-state index in [1.54, 1.807) is 0 Å². The zero-order chi connectivity index (χ0) is 23.3. The van der Waals surface area contributed by atoms with Crippen LogP contribution in [0, 0.1) is 0 Å². The van der Waals surface area contributed by atoms with Crippen molar-refractivity contribution >= 4 is 21.5 Å². The Balaban J connectivity index is 1.10. The van der Waals surface area contributed by atoms with Crippen LogP contribution in [-0.4, -0.2) is 62.1 Å². The predicted octanol–water partition coefficient (Wildman–Crippen LogP) is 0.871. The molecule has 6 nitrogen and oxygen atoms in total. The number of hydrogen-bond donors (Lipinski definition) is 4. The van der Waals surface area contributed by atoms with E-state index in [9.17, 15) is 10.2 Å². The van der Waals surface area contributed by atoms with Crippen LogP contribution in [0.4, 0.5) is 0 Å². The minimum Gasteiger partial charge on any atom is -0.484 e. The summed E-state index contributed by atoms with van der Waals surface area (Å²) in [7, 11) is 0. The van der Waals surface area contributed by atoms with Crippen LogP contribution >= 0.6 is 0 Å². The van der Waals surface area contributed by atoms with Gasteiger partial charge in [-0.2, -0.15) is 0 Å². The molecule has 4 aromatic rings. The Labute approximate surface area is 199 Å². The van der Waals surface area contributed by atoms with E-state index in [0.717, 1.165) is 58.4 Å². The number of fused-ring (bicyclic) bond motifs is 2. The summed E-state index contributed by atoms with van der Waals surface area (Å²) in [6.07, 6.45) is -1.46. The van der Waals surface area contributed by atoms with Gasteiger partial charge in [0.25, 0.3) is 0 Å². The van der Waals surface area contributed by atoms with Crippen LogP contribution in [0.15, 0.2) is 84.9 Å². The molecule has 0 aromatic heterocycles. The molecule has 0 aliphatic carbocycles. The number of aliphatic hydroxyl groups is 2. The van der Waals surface area contributed by atoms with Crippen molar-refractivity contribution in [2.45, 2.75) is 12.5 Å². The zero-order valence-electron chi connectivity index (χ0n) is 19.2. The normalized spacial score (nSPS) is 20.2. The van der Waals surface area contributed by atoms with Crippen LogP contribution in [0.3, 0.4) is 0 Å². The Bertz CT molecular complexity index is 1230. The maximum atomic E-state index is 10.7. The number of aliphatic hydroxyl groups excluding tert-OH is 2. The lowest BCUT2D eigenvalue weighted by molar-refractivity contribution is -1.04. The number of quaternary nitrogens is 2. The van der Waals surface area contributed by atoms with Gasteiger partial charge in [-0.05, 0) is 22.9 Å². The van der Waals surface area contributed by atoms with E-state index in [0.29, 0.717) is 12.3 Å². The van der Waals surface area contributed by atoms with Crippen molar-refractivity contribution in [3.8, 4) is 11.5 Å². The van der Waals surface area contributed by atoms with Crippen molar-refractivity contribution in [2.75, 3.05) is 39.3 Å². The molecule has 0 bridgehead atoms. The molecule has 1 heterocycles. The van der Waals surface area contributed by atoms with Gasteiger partial charge in [0.1, 0.15) is 44.2 Å². The summed E-state index contributed by atoms with van der Waals surface area (Å²) in [5.41, 5.74) is 0. The van der Waals surface area contributed by atoms with Crippen molar-refractivity contribution < 1.29 is 29.5 Å². The Hall–Kier alpha value is -3.16. The number of nitrogens with one attached hydrogen (secondary N) is 2. The van der Waals surface area contributed by atoms with Gasteiger partial charge < -0.3 is 24.6 Å². The molecule has 176 valence electrons. The van der Waals surface area contributed by atoms with Gasteiger partial charge in [0.05, 0.1) is 0 Å². The molecule has 4 N–H and O–H groups in total. The molecule has 5 rings (SSSR count). The van der Waals surface area contributed by atoms with Gasteiger partial charge in [-0.15, -0.1) is 0 Å². The van der Waals surface area contributed by atoms with E-state index in [4.69, 9.17) is 9.47 Å². The monoisotopic (exact) mass is 460 g/mol. The molecule has 34 heavy (non-hydrogen) atoms. The molecule has 1 aliphatic heterocycles. The SMILES string of the molecule is O[C@H](COc1cccc2ccccc12)[NH+]1CC[NH+](C[C@H](O)Oc2cccc3ccccc23)CC1. The molecule has 0 unspecified atom stereocenters. The smallest absolute Gasteiger partial charge is 0.247 e. The molecule has 1 aliphatic rings. The van der Waals surface area contributed by atoms with Crippen LogP contribution in [0.5, 0.6) is 11.5 Å². The minimum atomic E-state index is -0.873. The van der Waals surface area contributed by atoms with Gasteiger partial charge in [-0.1, -0.05) is 72.8 Å². The van der Waals surface area contributed by atoms with Gasteiger partial charge in [-0.3, -0.25) is 4.90 Å². The second-order valence-electron chi connectivity index (χ2n) is 8.97. The lowest BCUT2D eigenvalue weighted by Gasteiger charge is -2.33. The third-order valence-corrected chi connectivity index (χ3v) is 6.69. The van der Waals surface area contributed by atoms with Gasteiger partial charge in [-0.25, -0.2) is 0 Å². The fraction of sp³-hybridized carbons (Fsp3) is 0.286. The maximum absolute atomic E-state index is 10.7. The first-order valence-electron chi connectivity index (χ1n) is 12.0. The third-order valence-electron chi connectivity index (χ3n) is 6.69. The highest BCUT2D eigenvalue weighted by Gasteiger charge is 2.30. The van der Waals surface area contributed by atoms with E-state index in [1.165, 1.54) is 4.90 Å². The molecule has 6 heteroatoms. The highest BCUT2D eigenvalue weighted by molar-refractivity contribution is 5.88. The summed E-state index contributed by atoms with van der Waals surface area (Å²) in [4.78, 5) is 2.40. The summed E-state index contributed by atoms with van der Waals surface area (Å²) in [5, 5.41) is 25.6. The van der Waals surface area contributed by atoms with E-state index < -0.39 is 12.5 Å². The van der Waals surface area contributed by atoms with Gasteiger partial charge in [0, 0.05) is 10.8 Å². The molecule has 0 spiro atoms. The van der Waals surface area contributed by atoms with Crippen molar-refractivity contribution in [3.05, 3.63) is 84.9 Å². The molecule has 0 amide bonds. The summed E-state index contributed by atoms with van der Waals surface area (Å²) in [6, 6.07) is 28.0. The topological polar surface area (TPSA) is 67.8 Å². The van der Waals surface area contributed by atoms with E-state index in [-0.39, 0.29) is 6.61 Å². The van der Waals surface area contributed by atoms with E-state index in [2.05, 4.69) is 12.1 Å². The molecule has 0 saturated carbocycles. The summed E-state index contributed by atoms with van der Waals surface area (Å²) >= 11 is 0. The average Bonchev–Trinajstić information content (AvgIpc) is 2.88. The Morgan fingerprint density at radius 2 is 1.24 bits per heavy atom. The second-order valence-corrected chi connectivity index (χ2v) is 8.97. The molecule has 2 atom stereocenters. The third kappa shape index (κ3) is 5.16. The first kappa shape index (κ1) is 22.6. The van der Waals surface area contributed by atoms with Crippen molar-refractivity contribution in [1.29, 1.82) is 0 Å². The molecular weight excluding hydrogens is 428 g/mol. The Kier molecular flexibility index (Phi) is 6.92. The molecule has 1 saturated heterocycles. The van der Waals surface area contributed by atoms with Crippen LogP contribution in [0.1, 0.15) is 0 Å². The first-order chi connectivity index (χ1) is 16.7. The van der Waals surface area contributed by atoms with Crippen molar-refractivity contribution in [1.82, 2.24) is 0 Å². The zero-order valence-corrected chi connectivity index (χ0v) is 19.2. The molecule has 4 aromatic carbocycles. The Morgan fingerprint density at radius 1 is 0.676 bits per heavy atom. The number of hydrogen-bond acceptors (Lipinski definition) is 4. The Morgan fingerprint density at radius 3 is 1.91 bits per heavy atom. The fourth-order valence-electron chi connectivity index (χ4n) is 4.80. The van der Waals surface area contributed by atoms with Gasteiger partial charge >= 0.3 is 0 Å². The first-order valence-corrected chi connectivity index (χ1v) is 12.0. The van der Waals surface area contributed by atoms with E-state index >= 15 is 0 Å². The van der Waals surface area contributed by atoms with Crippen LogP contribution < -0.4 is 19.3 Å². The average molecular weight is 461 g/mol. The predicted molar refractivity (Wildman–Crippen MR) is 132 cm³/mol. The highest BCUT2D eigenvalue weighted by atomic mass is 16.6. The van der Waals surface area contributed by atoms with Gasteiger partial charge in [0.15, 0.2) is 6.61 Å². The lowest BCUT2D eigenvalue weighted by Crippen LogP contribution is -3.30. The van der Waals surface area contributed by atoms with Crippen LogP contribution in [0.25, 0.3) is 21.5 Å². The summed E-state index contributed by atoms with van der Waals surface area (Å²) in [6.45, 7) is 4.12. The maximum Gasteiger partial charge on any atom is 0.247 e. The molecule has 1 fully saturated rings. The fourth-order valence-corrected chi connectivity index (χ4v) is 4.80. The number of piperazine rings is 1. The largest absolute Gasteiger partial charge is 0.484 e. The highest BCUT2D eigenvalue weighted by Crippen LogP contribution is 2.26. The van der Waals surface area contributed by atoms with Crippen LogP contribution in [0.2, 0.25) is 0 Å². The number of benzene rings is 4. The quantitative estimate of drug-likeness (QED) is 0.295. The summed E-state index contributed by atoms with van der Waals surface area (Å²) < 4.78 is 11.9. The number of rotatable bonds is 8. The second kappa shape index (κ2) is 10.4. The minimum absolute atomic E-state index is 0.255.